The standard InChI is InChI=1S/C23H23N3O6/c27-20-12-21-23(26(30)31)15-24(13-16-7-3-1-4-8-16)14-22(20,25(28)29)19(23)11-18(32-21)17-9-5-2-6-10-17/h1-10,18-19,21H,11-15H2. The smallest absolute Gasteiger partial charge is 0.301 e. The molecule has 2 heterocycles. The number of hydrogen-bond acceptors (Lipinski definition) is 7. The van der Waals surface area contributed by atoms with Gasteiger partial charge in [0.1, 0.15) is 12.0 Å². The molecule has 32 heavy (non-hydrogen) atoms. The summed E-state index contributed by atoms with van der Waals surface area (Å²) >= 11 is 0. The van der Waals surface area contributed by atoms with Gasteiger partial charge < -0.3 is 4.74 Å². The maximum absolute atomic E-state index is 13.2. The average Bonchev–Trinajstić information content (AvgIpc) is 2.78. The molecule has 2 aliphatic heterocycles. The van der Waals surface area contributed by atoms with Crippen molar-refractivity contribution in [1.29, 1.82) is 0 Å². The van der Waals surface area contributed by atoms with Crippen LogP contribution in [0.3, 0.4) is 0 Å². The molecule has 5 unspecified atom stereocenters. The van der Waals surface area contributed by atoms with Crippen molar-refractivity contribution in [3.8, 4) is 0 Å². The van der Waals surface area contributed by atoms with Gasteiger partial charge in [0, 0.05) is 22.8 Å². The van der Waals surface area contributed by atoms with Crippen LogP contribution in [0.15, 0.2) is 60.7 Å². The number of piperidine rings is 1. The molecule has 0 N–H and O–H groups in total. The summed E-state index contributed by atoms with van der Waals surface area (Å²) < 4.78 is 6.18. The Balaban J connectivity index is 1.59. The topological polar surface area (TPSA) is 116 Å². The van der Waals surface area contributed by atoms with E-state index in [2.05, 4.69) is 0 Å². The fourth-order valence-corrected chi connectivity index (χ4v) is 5.98. The molecule has 9 nitrogen and oxygen atoms in total. The summed E-state index contributed by atoms with van der Waals surface area (Å²) in [6, 6.07) is 18.5. The van der Waals surface area contributed by atoms with Crippen LogP contribution in [-0.4, -0.2) is 50.8 Å². The van der Waals surface area contributed by atoms with Crippen molar-refractivity contribution in [2.45, 2.75) is 42.7 Å². The third kappa shape index (κ3) is 2.88. The predicted molar refractivity (Wildman–Crippen MR) is 113 cm³/mol. The van der Waals surface area contributed by atoms with E-state index >= 15 is 0 Å². The Morgan fingerprint density at radius 3 is 2.25 bits per heavy atom. The first-order valence-corrected chi connectivity index (χ1v) is 10.7. The van der Waals surface area contributed by atoms with E-state index in [0.717, 1.165) is 11.1 Å². The van der Waals surface area contributed by atoms with Gasteiger partial charge >= 0.3 is 5.54 Å². The number of nitro groups is 2. The van der Waals surface area contributed by atoms with Crippen LogP contribution in [-0.2, 0) is 16.1 Å². The van der Waals surface area contributed by atoms with E-state index in [4.69, 9.17) is 4.74 Å². The Bertz CT molecular complexity index is 1060. The van der Waals surface area contributed by atoms with Crippen LogP contribution in [0.4, 0.5) is 0 Å². The zero-order valence-electron chi connectivity index (χ0n) is 17.3. The zero-order valence-corrected chi connectivity index (χ0v) is 17.3. The molecule has 5 rings (SSSR count). The van der Waals surface area contributed by atoms with E-state index in [1.165, 1.54) is 0 Å². The number of nitrogens with zero attached hydrogens (tertiary/aromatic N) is 3. The molecule has 9 heteroatoms. The zero-order chi connectivity index (χ0) is 22.5. The van der Waals surface area contributed by atoms with Crippen LogP contribution in [0.1, 0.15) is 30.1 Å². The second kappa shape index (κ2) is 7.46. The van der Waals surface area contributed by atoms with Gasteiger partial charge in [-0.3, -0.25) is 29.9 Å². The van der Waals surface area contributed by atoms with E-state index in [1.54, 1.807) is 4.90 Å². The summed E-state index contributed by atoms with van der Waals surface area (Å²) in [4.78, 5) is 39.0. The minimum absolute atomic E-state index is 0.00854. The first kappa shape index (κ1) is 20.7. The lowest BCUT2D eigenvalue weighted by atomic mass is 9.55. The highest BCUT2D eigenvalue weighted by atomic mass is 16.6. The van der Waals surface area contributed by atoms with Gasteiger partial charge in [-0.15, -0.1) is 0 Å². The number of benzene rings is 2. The number of carbonyl (C=O) groups is 1. The molecule has 3 aliphatic rings. The largest absolute Gasteiger partial charge is 0.362 e. The van der Waals surface area contributed by atoms with Gasteiger partial charge in [-0.05, 0) is 17.5 Å². The molecule has 1 saturated carbocycles. The third-order valence-electron chi connectivity index (χ3n) is 7.40. The molecular formula is C23H23N3O6. The summed E-state index contributed by atoms with van der Waals surface area (Å²) in [5, 5.41) is 25.1. The number of ketones is 1. The molecule has 0 radical (unpaired) electrons. The van der Waals surface area contributed by atoms with Gasteiger partial charge in [0.25, 0.3) is 5.54 Å². The molecule has 5 atom stereocenters. The van der Waals surface area contributed by atoms with Crippen LogP contribution in [0.2, 0.25) is 0 Å². The summed E-state index contributed by atoms with van der Waals surface area (Å²) in [5.74, 6) is -1.61. The normalized spacial score (nSPS) is 34.1. The first-order valence-electron chi connectivity index (χ1n) is 10.7. The Morgan fingerprint density at radius 2 is 1.62 bits per heavy atom. The lowest BCUT2D eigenvalue weighted by molar-refractivity contribution is -0.654. The van der Waals surface area contributed by atoms with Gasteiger partial charge in [-0.25, -0.2) is 0 Å². The minimum Gasteiger partial charge on any atom is -0.362 e. The van der Waals surface area contributed by atoms with E-state index < -0.39 is 44.8 Å². The molecule has 2 aromatic rings. The highest BCUT2D eigenvalue weighted by Gasteiger charge is 2.80. The molecule has 4 bridgehead atoms. The molecule has 0 aromatic heterocycles. The molecule has 1 aliphatic carbocycles. The second-order valence-electron chi connectivity index (χ2n) is 9.00. The number of ether oxygens (including phenoxy) is 1. The fourth-order valence-electron chi connectivity index (χ4n) is 5.98. The van der Waals surface area contributed by atoms with Gasteiger partial charge in [0.05, 0.1) is 19.2 Å². The van der Waals surface area contributed by atoms with Crippen LogP contribution in [0.25, 0.3) is 0 Å². The summed E-state index contributed by atoms with van der Waals surface area (Å²) in [5.41, 5.74) is -2.04. The van der Waals surface area contributed by atoms with Crippen LogP contribution >= 0.6 is 0 Å². The Kier molecular flexibility index (Phi) is 4.83. The van der Waals surface area contributed by atoms with Crippen molar-refractivity contribution in [3.63, 3.8) is 0 Å². The van der Waals surface area contributed by atoms with Gasteiger partial charge in [-0.2, -0.15) is 0 Å². The lowest BCUT2D eigenvalue weighted by Crippen LogP contribution is -2.82. The van der Waals surface area contributed by atoms with Crippen LogP contribution in [0.5, 0.6) is 0 Å². The van der Waals surface area contributed by atoms with Gasteiger partial charge in [0.15, 0.2) is 0 Å². The average molecular weight is 437 g/mol. The SMILES string of the molecule is O=C1CC2OC(c3ccccc3)CC3C1([N+](=O)[O-])CN(Cc1ccccc1)CC23[N+](=O)[O-]. The maximum Gasteiger partial charge on any atom is 0.301 e. The Labute approximate surface area is 184 Å². The number of Topliss-reactive ketones (excluding diaryl/α,β-unsaturated/α-hetero) is 1. The van der Waals surface area contributed by atoms with Crippen LogP contribution in [0, 0.1) is 26.1 Å². The van der Waals surface area contributed by atoms with Crippen molar-refractivity contribution in [2.75, 3.05) is 13.1 Å². The van der Waals surface area contributed by atoms with Crippen molar-refractivity contribution in [3.05, 3.63) is 92.0 Å². The quantitative estimate of drug-likeness (QED) is 0.521. The fraction of sp³-hybridized carbons (Fsp3) is 0.435. The molecule has 0 amide bonds. The lowest BCUT2D eigenvalue weighted by Gasteiger charge is -2.56. The minimum atomic E-state index is -2.02. The third-order valence-corrected chi connectivity index (χ3v) is 7.40. The first-order chi connectivity index (χ1) is 15.4. The molecule has 0 spiro atoms. The van der Waals surface area contributed by atoms with Crippen molar-refractivity contribution in [2.24, 2.45) is 5.92 Å². The molecule has 3 fully saturated rings. The predicted octanol–water partition coefficient (Wildman–Crippen LogP) is 2.65. The highest BCUT2D eigenvalue weighted by molar-refractivity contribution is 5.90. The Hall–Kier alpha value is -3.17. The Morgan fingerprint density at radius 1 is 0.969 bits per heavy atom. The monoisotopic (exact) mass is 437 g/mol. The van der Waals surface area contributed by atoms with E-state index in [1.807, 2.05) is 60.7 Å². The van der Waals surface area contributed by atoms with E-state index in [0.29, 0.717) is 6.54 Å². The number of likely N-dealkylation sites (tertiary alicyclic amines) is 1. The van der Waals surface area contributed by atoms with Crippen molar-refractivity contribution in [1.82, 2.24) is 4.90 Å². The molecule has 2 saturated heterocycles. The van der Waals surface area contributed by atoms with Crippen molar-refractivity contribution < 1.29 is 19.4 Å². The van der Waals surface area contributed by atoms with Gasteiger partial charge in [0.2, 0.25) is 5.78 Å². The van der Waals surface area contributed by atoms with E-state index in [-0.39, 0.29) is 25.9 Å². The molecular weight excluding hydrogens is 414 g/mol. The van der Waals surface area contributed by atoms with E-state index in [9.17, 15) is 25.0 Å². The summed E-state index contributed by atoms with van der Waals surface area (Å²) in [6.45, 7) is 0.164. The number of hydrogen-bond donors (Lipinski definition) is 0. The maximum atomic E-state index is 13.2. The number of carbonyl (C=O) groups excluding carboxylic acids is 1. The highest BCUT2D eigenvalue weighted by Crippen LogP contribution is 2.56. The summed E-state index contributed by atoms with van der Waals surface area (Å²) in [6.07, 6.45) is -1.79. The van der Waals surface area contributed by atoms with Crippen molar-refractivity contribution >= 4 is 5.78 Å². The summed E-state index contributed by atoms with van der Waals surface area (Å²) in [7, 11) is 0. The number of rotatable bonds is 5. The van der Waals surface area contributed by atoms with Crippen LogP contribution < -0.4 is 0 Å². The van der Waals surface area contributed by atoms with Gasteiger partial charge in [-0.1, -0.05) is 60.7 Å². The molecule has 2 aromatic carbocycles. The molecule has 166 valence electrons. The second-order valence-corrected chi connectivity index (χ2v) is 9.00.